The van der Waals surface area contributed by atoms with Gasteiger partial charge in [-0.2, -0.15) is 0 Å². The molecule has 1 aromatic heterocycles. The van der Waals surface area contributed by atoms with Crippen molar-refractivity contribution in [2.24, 2.45) is 0 Å². The van der Waals surface area contributed by atoms with E-state index < -0.39 is 0 Å². The van der Waals surface area contributed by atoms with E-state index >= 15 is 0 Å². The Morgan fingerprint density at radius 3 is 2.67 bits per heavy atom. The summed E-state index contributed by atoms with van der Waals surface area (Å²) in [5.74, 6) is 0.657. The van der Waals surface area contributed by atoms with E-state index in [2.05, 4.69) is 45.1 Å². The summed E-state index contributed by atoms with van der Waals surface area (Å²) in [6.07, 6.45) is 4.44. The smallest absolute Gasteiger partial charge is 0.222 e. The molecular weight excluding hydrogens is 258 g/mol. The molecule has 1 unspecified atom stereocenters. The fourth-order valence-electron chi connectivity index (χ4n) is 1.70. The molecule has 1 fully saturated rings. The van der Waals surface area contributed by atoms with Crippen LogP contribution in [-0.4, -0.2) is 28.2 Å². The zero-order valence-corrected chi connectivity index (χ0v) is 10.4. The third-order valence-corrected chi connectivity index (χ3v) is 2.78. The van der Waals surface area contributed by atoms with Gasteiger partial charge in [0.25, 0.3) is 0 Å². The molecule has 2 rings (SSSR count). The molecule has 0 aromatic carbocycles. The second-order valence-electron chi connectivity index (χ2n) is 4.34. The lowest BCUT2D eigenvalue weighted by Gasteiger charge is -2.15. The maximum absolute atomic E-state index is 5.62. The van der Waals surface area contributed by atoms with E-state index in [0.29, 0.717) is 18.6 Å². The summed E-state index contributed by atoms with van der Waals surface area (Å²) in [6.45, 7) is 4.90. The monoisotopic (exact) mass is 271 g/mol. The normalized spacial score (nSPS) is 24.1. The predicted molar refractivity (Wildman–Crippen MR) is 61.8 cm³/mol. The van der Waals surface area contributed by atoms with Crippen molar-refractivity contribution in [1.82, 2.24) is 9.97 Å². The molecule has 82 valence electrons. The molecule has 2 heterocycles. The number of hydrogen-bond acceptors (Lipinski definition) is 4. The lowest BCUT2D eigenvalue weighted by molar-refractivity contribution is 0.0363. The number of aromatic nitrogens is 2. The van der Waals surface area contributed by atoms with Crippen LogP contribution in [0, 0.1) is 0 Å². The maximum Gasteiger partial charge on any atom is 0.222 e. The molecule has 0 saturated carbocycles. The summed E-state index contributed by atoms with van der Waals surface area (Å²) in [4.78, 5) is 8.33. The molecule has 0 amide bonds. The Hall–Kier alpha value is -0.680. The van der Waals surface area contributed by atoms with Crippen molar-refractivity contribution in [3.8, 4) is 0 Å². The van der Waals surface area contributed by atoms with E-state index in [0.717, 1.165) is 10.9 Å². The summed E-state index contributed by atoms with van der Waals surface area (Å²) in [7, 11) is 0. The molecule has 1 atom stereocenters. The summed E-state index contributed by atoms with van der Waals surface area (Å²) in [5, 5.41) is 3.26. The van der Waals surface area contributed by atoms with Crippen molar-refractivity contribution < 1.29 is 4.74 Å². The minimum atomic E-state index is -0.0347. The number of ether oxygens (including phenoxy) is 1. The quantitative estimate of drug-likeness (QED) is 0.896. The Balaban J connectivity index is 1.96. The van der Waals surface area contributed by atoms with Gasteiger partial charge in [-0.15, -0.1) is 0 Å². The molecule has 0 bridgehead atoms. The first-order chi connectivity index (χ1) is 7.05. The van der Waals surface area contributed by atoms with Gasteiger partial charge in [-0.3, -0.25) is 0 Å². The average molecular weight is 272 g/mol. The molecular formula is C10H14BrN3O. The Morgan fingerprint density at radius 2 is 2.13 bits per heavy atom. The minimum Gasteiger partial charge on any atom is -0.373 e. The van der Waals surface area contributed by atoms with Gasteiger partial charge in [-0.1, -0.05) is 0 Å². The Labute approximate surface area is 97.6 Å². The molecule has 0 aliphatic carbocycles. The highest BCUT2D eigenvalue weighted by Gasteiger charge is 2.32. The van der Waals surface area contributed by atoms with Gasteiger partial charge < -0.3 is 10.1 Å². The van der Waals surface area contributed by atoms with Gasteiger partial charge in [0.15, 0.2) is 0 Å². The minimum absolute atomic E-state index is 0.0347. The standard InChI is InChI=1S/C10H14BrN3O/c1-10(2)3-8(6-15-10)14-9-12-4-7(11)5-13-9/h4-5,8H,3,6H2,1-2H3,(H,12,13,14). The van der Waals surface area contributed by atoms with E-state index in [1.54, 1.807) is 12.4 Å². The second-order valence-corrected chi connectivity index (χ2v) is 5.26. The van der Waals surface area contributed by atoms with Crippen molar-refractivity contribution in [2.45, 2.75) is 31.9 Å². The van der Waals surface area contributed by atoms with Crippen LogP contribution in [0.3, 0.4) is 0 Å². The predicted octanol–water partition coefficient (Wildman–Crippen LogP) is 2.22. The third kappa shape index (κ3) is 2.89. The molecule has 1 saturated heterocycles. The molecule has 1 aliphatic heterocycles. The van der Waals surface area contributed by atoms with Crippen molar-refractivity contribution in [2.75, 3.05) is 11.9 Å². The van der Waals surface area contributed by atoms with Crippen molar-refractivity contribution in [3.63, 3.8) is 0 Å². The average Bonchev–Trinajstić information content (AvgIpc) is 2.50. The van der Waals surface area contributed by atoms with Crippen LogP contribution in [0.15, 0.2) is 16.9 Å². The third-order valence-electron chi connectivity index (χ3n) is 2.37. The van der Waals surface area contributed by atoms with Gasteiger partial charge in [0, 0.05) is 12.4 Å². The van der Waals surface area contributed by atoms with E-state index in [9.17, 15) is 0 Å². The highest BCUT2D eigenvalue weighted by atomic mass is 79.9. The fourth-order valence-corrected chi connectivity index (χ4v) is 1.90. The number of rotatable bonds is 2. The van der Waals surface area contributed by atoms with E-state index in [1.807, 2.05) is 0 Å². The zero-order valence-electron chi connectivity index (χ0n) is 8.83. The Bertz CT molecular complexity index is 339. The van der Waals surface area contributed by atoms with E-state index in [4.69, 9.17) is 4.74 Å². The highest BCUT2D eigenvalue weighted by Crippen LogP contribution is 2.25. The SMILES string of the molecule is CC1(C)CC(Nc2ncc(Br)cn2)CO1. The first-order valence-corrected chi connectivity index (χ1v) is 5.72. The molecule has 5 heteroatoms. The van der Waals surface area contributed by atoms with Gasteiger partial charge >= 0.3 is 0 Å². The van der Waals surface area contributed by atoms with Crippen LogP contribution in [0.2, 0.25) is 0 Å². The summed E-state index contributed by atoms with van der Waals surface area (Å²) >= 11 is 3.30. The molecule has 15 heavy (non-hydrogen) atoms. The van der Waals surface area contributed by atoms with Crippen molar-refractivity contribution in [1.29, 1.82) is 0 Å². The number of nitrogens with one attached hydrogen (secondary N) is 1. The lowest BCUT2D eigenvalue weighted by Crippen LogP contribution is -2.23. The first-order valence-electron chi connectivity index (χ1n) is 4.93. The first kappa shape index (κ1) is 10.8. The Kier molecular flexibility index (Phi) is 2.93. The zero-order chi connectivity index (χ0) is 10.9. The van der Waals surface area contributed by atoms with Crippen LogP contribution in [0.25, 0.3) is 0 Å². The van der Waals surface area contributed by atoms with Gasteiger partial charge in [0.2, 0.25) is 5.95 Å². The summed E-state index contributed by atoms with van der Waals surface area (Å²) in [5.41, 5.74) is -0.0347. The van der Waals surface area contributed by atoms with Gasteiger partial charge in [-0.25, -0.2) is 9.97 Å². The van der Waals surface area contributed by atoms with Crippen molar-refractivity contribution in [3.05, 3.63) is 16.9 Å². The summed E-state index contributed by atoms with van der Waals surface area (Å²) < 4.78 is 6.51. The number of anilines is 1. The number of nitrogens with zero attached hydrogens (tertiary/aromatic N) is 2. The molecule has 1 N–H and O–H groups in total. The largest absolute Gasteiger partial charge is 0.373 e. The van der Waals surface area contributed by atoms with Crippen LogP contribution >= 0.6 is 15.9 Å². The van der Waals surface area contributed by atoms with Crippen LogP contribution in [0.4, 0.5) is 5.95 Å². The molecule has 1 aromatic rings. The number of halogens is 1. The number of hydrogen-bond donors (Lipinski definition) is 1. The lowest BCUT2D eigenvalue weighted by atomic mass is 10.0. The van der Waals surface area contributed by atoms with E-state index in [-0.39, 0.29) is 5.60 Å². The molecule has 0 spiro atoms. The van der Waals surface area contributed by atoms with Gasteiger partial charge in [-0.05, 0) is 36.2 Å². The van der Waals surface area contributed by atoms with Crippen LogP contribution in [0.5, 0.6) is 0 Å². The summed E-state index contributed by atoms with van der Waals surface area (Å²) in [6, 6.07) is 0.307. The fraction of sp³-hybridized carbons (Fsp3) is 0.600. The Morgan fingerprint density at radius 1 is 1.47 bits per heavy atom. The molecule has 1 aliphatic rings. The van der Waals surface area contributed by atoms with E-state index in [1.165, 1.54) is 0 Å². The maximum atomic E-state index is 5.62. The van der Waals surface area contributed by atoms with Crippen LogP contribution in [0.1, 0.15) is 20.3 Å². The molecule has 4 nitrogen and oxygen atoms in total. The van der Waals surface area contributed by atoms with Gasteiger partial charge in [0.05, 0.1) is 22.7 Å². The van der Waals surface area contributed by atoms with Crippen molar-refractivity contribution >= 4 is 21.9 Å². The van der Waals surface area contributed by atoms with Crippen LogP contribution in [-0.2, 0) is 4.74 Å². The topological polar surface area (TPSA) is 47.0 Å². The van der Waals surface area contributed by atoms with Crippen LogP contribution < -0.4 is 5.32 Å². The second kappa shape index (κ2) is 4.06. The van der Waals surface area contributed by atoms with Gasteiger partial charge in [0.1, 0.15) is 0 Å². The molecule has 0 radical (unpaired) electrons. The highest BCUT2D eigenvalue weighted by molar-refractivity contribution is 9.10.